The van der Waals surface area contributed by atoms with Crippen molar-refractivity contribution in [3.05, 3.63) is 45.6 Å². The molecule has 0 radical (unpaired) electrons. The van der Waals surface area contributed by atoms with Crippen molar-refractivity contribution in [1.29, 1.82) is 0 Å². The molecule has 0 atom stereocenters. The summed E-state index contributed by atoms with van der Waals surface area (Å²) in [5.41, 5.74) is 1.38. The van der Waals surface area contributed by atoms with Gasteiger partial charge in [-0.05, 0) is 56.0 Å². The van der Waals surface area contributed by atoms with Gasteiger partial charge in [-0.2, -0.15) is 4.31 Å². The third-order valence-corrected chi connectivity index (χ3v) is 8.20. The molecule has 2 heterocycles. The zero-order valence-electron chi connectivity index (χ0n) is 17.1. The number of anilines is 1. The van der Waals surface area contributed by atoms with E-state index in [1.807, 2.05) is 13.8 Å². The van der Waals surface area contributed by atoms with Crippen molar-refractivity contribution < 1.29 is 22.7 Å². The fourth-order valence-corrected chi connectivity index (χ4v) is 5.93. The zero-order valence-corrected chi connectivity index (χ0v) is 18.8. The molecule has 1 saturated heterocycles. The van der Waals surface area contributed by atoms with Crippen molar-refractivity contribution in [2.24, 2.45) is 0 Å². The SMILES string of the molecule is CCc1sc(C(=O)OCC(=O)Nc2cccc(S(=O)(=O)N3CCCCC3)c2)cc1C. The van der Waals surface area contributed by atoms with Crippen LogP contribution in [0.25, 0.3) is 0 Å². The number of nitrogens with one attached hydrogen (secondary N) is 1. The molecule has 9 heteroatoms. The standard InChI is InChI=1S/C21H26N2O5S2/c1-3-18-15(2)12-19(29-18)21(25)28-14-20(24)22-16-8-7-9-17(13-16)30(26,27)23-10-5-4-6-11-23/h7-9,12-13H,3-6,10-11,14H2,1-2H3,(H,22,24). The van der Waals surface area contributed by atoms with E-state index < -0.39 is 28.5 Å². The molecule has 162 valence electrons. The van der Waals surface area contributed by atoms with Crippen LogP contribution in [0.2, 0.25) is 0 Å². The highest BCUT2D eigenvalue weighted by molar-refractivity contribution is 7.89. The molecule has 1 amide bonds. The number of nitrogens with zero attached hydrogens (tertiary/aromatic N) is 1. The number of thiophene rings is 1. The van der Waals surface area contributed by atoms with Gasteiger partial charge < -0.3 is 10.1 Å². The second-order valence-electron chi connectivity index (χ2n) is 7.19. The summed E-state index contributed by atoms with van der Waals surface area (Å²) in [6.45, 7) is 4.53. The summed E-state index contributed by atoms with van der Waals surface area (Å²) in [5.74, 6) is -1.07. The Morgan fingerprint density at radius 3 is 2.57 bits per heavy atom. The van der Waals surface area contributed by atoms with Gasteiger partial charge in [0.1, 0.15) is 4.88 Å². The molecule has 2 aromatic rings. The number of aryl methyl sites for hydroxylation is 2. The summed E-state index contributed by atoms with van der Waals surface area (Å²) in [6, 6.07) is 7.90. The van der Waals surface area contributed by atoms with Crippen LogP contribution < -0.4 is 5.32 Å². The Hall–Kier alpha value is -2.23. The van der Waals surface area contributed by atoms with Crippen LogP contribution in [-0.2, 0) is 26.0 Å². The molecular weight excluding hydrogens is 424 g/mol. The molecule has 7 nitrogen and oxygen atoms in total. The molecule has 0 unspecified atom stereocenters. The van der Waals surface area contributed by atoms with Crippen molar-refractivity contribution in [3.8, 4) is 0 Å². The minimum atomic E-state index is -3.59. The van der Waals surface area contributed by atoms with E-state index in [2.05, 4.69) is 5.32 Å². The summed E-state index contributed by atoms with van der Waals surface area (Å²) in [6.07, 6.45) is 3.57. The van der Waals surface area contributed by atoms with Crippen LogP contribution in [0.5, 0.6) is 0 Å². The van der Waals surface area contributed by atoms with Crippen LogP contribution in [-0.4, -0.2) is 44.3 Å². The molecule has 1 aliphatic heterocycles. The number of carbonyl (C=O) groups excluding carboxylic acids is 2. The fraction of sp³-hybridized carbons (Fsp3) is 0.429. The lowest BCUT2D eigenvalue weighted by Gasteiger charge is -2.26. The molecule has 1 aromatic heterocycles. The van der Waals surface area contributed by atoms with Gasteiger partial charge in [0.2, 0.25) is 10.0 Å². The number of piperidine rings is 1. The summed E-state index contributed by atoms with van der Waals surface area (Å²) in [7, 11) is -3.59. The lowest BCUT2D eigenvalue weighted by Crippen LogP contribution is -2.35. The van der Waals surface area contributed by atoms with Crippen molar-refractivity contribution in [2.45, 2.75) is 44.4 Å². The minimum absolute atomic E-state index is 0.139. The normalized spacial score (nSPS) is 15.0. The van der Waals surface area contributed by atoms with Crippen LogP contribution in [0.4, 0.5) is 5.69 Å². The van der Waals surface area contributed by atoms with E-state index in [9.17, 15) is 18.0 Å². The lowest BCUT2D eigenvalue weighted by atomic mass is 10.2. The Balaban J connectivity index is 1.60. The molecule has 1 fully saturated rings. The smallest absolute Gasteiger partial charge is 0.348 e. The maximum absolute atomic E-state index is 12.8. The number of hydrogen-bond donors (Lipinski definition) is 1. The molecule has 1 aliphatic rings. The molecular formula is C21H26N2O5S2. The predicted molar refractivity (Wildman–Crippen MR) is 116 cm³/mol. The van der Waals surface area contributed by atoms with Gasteiger partial charge in [0.25, 0.3) is 5.91 Å². The van der Waals surface area contributed by atoms with Crippen molar-refractivity contribution in [2.75, 3.05) is 25.0 Å². The molecule has 0 aliphatic carbocycles. The van der Waals surface area contributed by atoms with Crippen molar-refractivity contribution in [1.82, 2.24) is 4.31 Å². The second-order valence-corrected chi connectivity index (χ2v) is 10.3. The van der Waals surface area contributed by atoms with E-state index >= 15 is 0 Å². The van der Waals surface area contributed by atoms with Gasteiger partial charge in [0, 0.05) is 23.7 Å². The van der Waals surface area contributed by atoms with Crippen LogP contribution >= 0.6 is 11.3 Å². The Kier molecular flexibility index (Phi) is 7.27. The molecule has 1 aromatic carbocycles. The minimum Gasteiger partial charge on any atom is -0.451 e. The topological polar surface area (TPSA) is 92.8 Å². The lowest BCUT2D eigenvalue weighted by molar-refractivity contribution is -0.119. The third kappa shape index (κ3) is 5.27. The number of rotatable bonds is 7. The predicted octanol–water partition coefficient (Wildman–Crippen LogP) is 3.59. The highest BCUT2D eigenvalue weighted by Gasteiger charge is 2.26. The van der Waals surface area contributed by atoms with Gasteiger partial charge in [0.15, 0.2) is 6.61 Å². The van der Waals surface area contributed by atoms with E-state index in [1.54, 1.807) is 18.2 Å². The van der Waals surface area contributed by atoms with Gasteiger partial charge in [-0.3, -0.25) is 4.79 Å². The van der Waals surface area contributed by atoms with E-state index in [0.29, 0.717) is 23.7 Å². The Labute approximate surface area is 181 Å². The monoisotopic (exact) mass is 450 g/mol. The Morgan fingerprint density at radius 1 is 1.17 bits per heavy atom. The van der Waals surface area contributed by atoms with E-state index in [4.69, 9.17) is 4.74 Å². The molecule has 0 saturated carbocycles. The maximum atomic E-state index is 12.8. The number of esters is 1. The first-order chi connectivity index (χ1) is 14.3. The van der Waals surface area contributed by atoms with Gasteiger partial charge in [-0.25, -0.2) is 13.2 Å². The summed E-state index contributed by atoms with van der Waals surface area (Å²) in [5, 5.41) is 2.60. The molecule has 0 bridgehead atoms. The average Bonchev–Trinajstić information content (AvgIpc) is 3.13. The molecule has 1 N–H and O–H groups in total. The van der Waals surface area contributed by atoms with E-state index in [0.717, 1.165) is 36.1 Å². The highest BCUT2D eigenvalue weighted by atomic mass is 32.2. The highest BCUT2D eigenvalue weighted by Crippen LogP contribution is 2.24. The number of amides is 1. The number of sulfonamides is 1. The third-order valence-electron chi connectivity index (χ3n) is 4.95. The first-order valence-corrected chi connectivity index (χ1v) is 12.2. The summed E-state index contributed by atoms with van der Waals surface area (Å²) in [4.78, 5) is 26.1. The van der Waals surface area contributed by atoms with Gasteiger partial charge in [-0.15, -0.1) is 11.3 Å². The van der Waals surface area contributed by atoms with Crippen LogP contribution in [0.1, 0.15) is 46.3 Å². The van der Waals surface area contributed by atoms with Gasteiger partial charge in [0.05, 0.1) is 4.90 Å². The maximum Gasteiger partial charge on any atom is 0.348 e. The Morgan fingerprint density at radius 2 is 1.90 bits per heavy atom. The van der Waals surface area contributed by atoms with Gasteiger partial charge >= 0.3 is 5.97 Å². The van der Waals surface area contributed by atoms with Crippen LogP contribution in [0.15, 0.2) is 35.2 Å². The van der Waals surface area contributed by atoms with E-state index in [1.165, 1.54) is 27.8 Å². The number of hydrogen-bond acceptors (Lipinski definition) is 6. The first-order valence-electron chi connectivity index (χ1n) is 9.97. The first kappa shape index (κ1) is 22.5. The van der Waals surface area contributed by atoms with Crippen LogP contribution in [0.3, 0.4) is 0 Å². The second kappa shape index (κ2) is 9.72. The Bertz CT molecular complexity index is 1020. The summed E-state index contributed by atoms with van der Waals surface area (Å²) >= 11 is 1.36. The molecule has 3 rings (SSSR count). The largest absolute Gasteiger partial charge is 0.451 e. The molecule has 0 spiro atoms. The van der Waals surface area contributed by atoms with E-state index in [-0.39, 0.29) is 4.90 Å². The average molecular weight is 451 g/mol. The number of benzene rings is 1. The van der Waals surface area contributed by atoms with Gasteiger partial charge in [-0.1, -0.05) is 19.4 Å². The quantitative estimate of drug-likeness (QED) is 0.651. The summed E-state index contributed by atoms with van der Waals surface area (Å²) < 4.78 is 32.2. The van der Waals surface area contributed by atoms with Crippen molar-refractivity contribution in [3.63, 3.8) is 0 Å². The van der Waals surface area contributed by atoms with Crippen LogP contribution in [0, 0.1) is 6.92 Å². The number of ether oxygens (including phenoxy) is 1. The zero-order chi connectivity index (χ0) is 21.7. The number of carbonyl (C=O) groups is 2. The molecule has 30 heavy (non-hydrogen) atoms. The van der Waals surface area contributed by atoms with Crippen molar-refractivity contribution >= 4 is 38.9 Å². The fourth-order valence-electron chi connectivity index (χ4n) is 3.36.